The highest BCUT2D eigenvalue weighted by Crippen LogP contribution is 2.38. The van der Waals surface area contributed by atoms with E-state index in [0.717, 1.165) is 5.69 Å². The van der Waals surface area contributed by atoms with Crippen molar-refractivity contribution in [3.05, 3.63) is 35.4 Å². The monoisotopic (exact) mass is 458 g/mol. The third-order valence-electron chi connectivity index (χ3n) is 5.44. The van der Waals surface area contributed by atoms with Crippen LogP contribution in [-0.4, -0.2) is 61.5 Å². The summed E-state index contributed by atoms with van der Waals surface area (Å²) in [5, 5.41) is 32.4. The van der Waals surface area contributed by atoms with Gasteiger partial charge >= 0.3 is 0 Å². The van der Waals surface area contributed by atoms with E-state index in [-0.39, 0.29) is 18.4 Å². The van der Waals surface area contributed by atoms with Crippen LogP contribution in [0.5, 0.6) is 0 Å². The summed E-state index contributed by atoms with van der Waals surface area (Å²) >= 11 is 0. The molecule has 0 aliphatic heterocycles. The molecule has 0 amide bonds. The number of imidazole rings is 1. The number of aliphatic hydroxyl groups excluding tert-OH is 1. The van der Waals surface area contributed by atoms with Crippen LogP contribution in [0.1, 0.15) is 49.6 Å². The minimum absolute atomic E-state index is 0.0138. The van der Waals surface area contributed by atoms with Crippen LogP contribution < -0.4 is 10.6 Å². The topological polar surface area (TPSA) is 145 Å². The summed E-state index contributed by atoms with van der Waals surface area (Å²) in [4.78, 5) is 8.74. The Morgan fingerprint density at radius 3 is 2.97 bits per heavy atom. The van der Waals surface area contributed by atoms with Gasteiger partial charge in [0.15, 0.2) is 11.5 Å². The van der Waals surface area contributed by atoms with Gasteiger partial charge in [-0.25, -0.2) is 14.4 Å². The Kier molecular flexibility index (Phi) is 6.85. The first-order chi connectivity index (χ1) is 15.9. The van der Waals surface area contributed by atoms with Crippen molar-refractivity contribution in [2.75, 3.05) is 12.4 Å². The molecular formula is C21H27FN8O3. The number of methoxy groups -OCH3 is 1. The average molecular weight is 458 g/mol. The van der Waals surface area contributed by atoms with E-state index in [1.54, 1.807) is 23.8 Å². The predicted octanol–water partition coefficient (Wildman–Crippen LogP) is 2.09. The van der Waals surface area contributed by atoms with E-state index in [4.69, 9.17) is 9.47 Å². The lowest BCUT2D eigenvalue weighted by Crippen LogP contribution is -2.40. The summed E-state index contributed by atoms with van der Waals surface area (Å²) in [6.07, 6.45) is 0.755. The Morgan fingerprint density at radius 1 is 1.42 bits per heavy atom. The van der Waals surface area contributed by atoms with Crippen LogP contribution in [0.15, 0.2) is 18.5 Å². The van der Waals surface area contributed by atoms with E-state index in [1.165, 1.54) is 6.20 Å². The SMILES string of the molecule is COCc1cn2c(Nc3cc([C@H]4C[C@@H](F)[C@@H](OC(O)NC(C)C)C4)[nH]n3)ncc(C#N)c2n1. The maximum atomic E-state index is 14.5. The molecule has 11 nitrogen and oxygen atoms in total. The van der Waals surface area contributed by atoms with Crippen molar-refractivity contribution in [1.82, 2.24) is 29.9 Å². The van der Waals surface area contributed by atoms with Crippen LogP contribution in [-0.2, 0) is 16.1 Å². The fraction of sp³-hybridized carbons (Fsp3) is 0.524. The molecule has 3 aromatic rings. The third kappa shape index (κ3) is 5.12. The molecule has 176 valence electrons. The van der Waals surface area contributed by atoms with Crippen LogP contribution >= 0.6 is 0 Å². The molecule has 3 aromatic heterocycles. The van der Waals surface area contributed by atoms with Gasteiger partial charge in [-0.3, -0.25) is 14.8 Å². The van der Waals surface area contributed by atoms with Gasteiger partial charge in [-0.15, -0.1) is 0 Å². The van der Waals surface area contributed by atoms with E-state index < -0.39 is 18.7 Å². The molecular weight excluding hydrogens is 431 g/mol. The summed E-state index contributed by atoms with van der Waals surface area (Å²) in [5.41, 5.74) is 2.22. The van der Waals surface area contributed by atoms with E-state index in [2.05, 4.69) is 36.9 Å². The number of aromatic amines is 1. The lowest BCUT2D eigenvalue weighted by Gasteiger charge is -2.21. The normalized spacial score (nSPS) is 21.5. The van der Waals surface area contributed by atoms with Gasteiger partial charge in [-0.1, -0.05) is 0 Å². The van der Waals surface area contributed by atoms with Gasteiger partial charge in [-0.2, -0.15) is 10.4 Å². The molecule has 0 bridgehead atoms. The van der Waals surface area contributed by atoms with Gasteiger partial charge in [0.2, 0.25) is 12.4 Å². The van der Waals surface area contributed by atoms with Crippen molar-refractivity contribution in [2.45, 2.75) is 63.9 Å². The number of H-pyrrole nitrogens is 1. The number of ether oxygens (including phenoxy) is 2. The lowest BCUT2D eigenvalue weighted by molar-refractivity contribution is -0.167. The fourth-order valence-corrected chi connectivity index (χ4v) is 3.97. The molecule has 0 saturated heterocycles. The van der Waals surface area contributed by atoms with E-state index in [9.17, 15) is 14.8 Å². The zero-order chi connectivity index (χ0) is 23.5. The van der Waals surface area contributed by atoms with Crippen molar-refractivity contribution < 1.29 is 19.0 Å². The number of rotatable bonds is 9. The van der Waals surface area contributed by atoms with E-state index >= 15 is 0 Å². The molecule has 1 fully saturated rings. The maximum Gasteiger partial charge on any atom is 0.214 e. The second-order valence-electron chi connectivity index (χ2n) is 8.33. The molecule has 0 aromatic carbocycles. The number of halogens is 1. The molecule has 4 rings (SSSR count). The van der Waals surface area contributed by atoms with Crippen LogP contribution in [0.25, 0.3) is 5.65 Å². The van der Waals surface area contributed by atoms with Crippen molar-refractivity contribution in [3.63, 3.8) is 0 Å². The molecule has 1 unspecified atom stereocenters. The molecule has 0 radical (unpaired) electrons. The minimum atomic E-state index is -1.21. The smallest absolute Gasteiger partial charge is 0.214 e. The van der Waals surface area contributed by atoms with Crippen molar-refractivity contribution >= 4 is 17.4 Å². The maximum absolute atomic E-state index is 14.5. The number of hydrogen-bond donors (Lipinski definition) is 4. The van der Waals surface area contributed by atoms with Gasteiger partial charge in [0.1, 0.15) is 17.8 Å². The molecule has 0 spiro atoms. The highest BCUT2D eigenvalue weighted by molar-refractivity contribution is 5.61. The summed E-state index contributed by atoms with van der Waals surface area (Å²) < 4.78 is 26.8. The molecule has 1 aliphatic carbocycles. The first-order valence-corrected chi connectivity index (χ1v) is 10.7. The first-order valence-electron chi connectivity index (χ1n) is 10.7. The number of hydrogen-bond acceptors (Lipinski definition) is 9. The third-order valence-corrected chi connectivity index (χ3v) is 5.44. The number of fused-ring (bicyclic) bond motifs is 1. The minimum Gasteiger partial charge on any atom is -0.378 e. The Hall–Kier alpha value is -3.11. The second-order valence-corrected chi connectivity index (χ2v) is 8.33. The number of anilines is 2. The molecule has 3 heterocycles. The standard InChI is InChI=1S/C21H27FN8O3/c1-11(2)25-21(31)33-17-5-12(4-15(17)22)16-6-18(29-28-16)27-20-24-8-13(7-23)19-26-14(10-32-3)9-30(19)20/h6,8-9,11-12,15,17,21,25,31H,4-5,10H2,1-3H3,(H2,24,27,28,29)/t12-,15+,17-,21?/m0/s1. The van der Waals surface area contributed by atoms with Gasteiger partial charge in [0.25, 0.3) is 0 Å². The quantitative estimate of drug-likeness (QED) is 0.354. The average Bonchev–Trinajstić information content (AvgIpc) is 3.47. The van der Waals surface area contributed by atoms with E-state index in [1.807, 2.05) is 13.8 Å². The van der Waals surface area contributed by atoms with Gasteiger partial charge < -0.3 is 19.9 Å². The predicted molar refractivity (Wildman–Crippen MR) is 116 cm³/mol. The van der Waals surface area contributed by atoms with Crippen LogP contribution in [0.2, 0.25) is 0 Å². The molecule has 33 heavy (non-hydrogen) atoms. The first kappa shape index (κ1) is 23.1. The van der Waals surface area contributed by atoms with Crippen LogP contribution in [0, 0.1) is 11.3 Å². The van der Waals surface area contributed by atoms with Gasteiger partial charge in [-0.05, 0) is 26.7 Å². The Morgan fingerprint density at radius 2 is 2.24 bits per heavy atom. The molecule has 1 aliphatic rings. The number of alkyl halides is 1. The number of nitrogens with zero attached hydrogens (tertiary/aromatic N) is 5. The highest BCUT2D eigenvalue weighted by atomic mass is 19.1. The number of nitrogens with one attached hydrogen (secondary N) is 3. The van der Waals surface area contributed by atoms with Crippen LogP contribution in [0.3, 0.4) is 0 Å². The van der Waals surface area contributed by atoms with Gasteiger partial charge in [0, 0.05) is 37.0 Å². The Bertz CT molecular complexity index is 1140. The Balaban J connectivity index is 1.47. The van der Waals surface area contributed by atoms with Gasteiger partial charge in [0.05, 0.1) is 24.6 Å². The number of aliphatic hydroxyl groups is 1. The largest absolute Gasteiger partial charge is 0.378 e. The Labute approximate surface area is 189 Å². The zero-order valence-electron chi connectivity index (χ0n) is 18.6. The molecule has 12 heteroatoms. The molecule has 4 N–H and O–H groups in total. The zero-order valence-corrected chi connectivity index (χ0v) is 18.6. The second kappa shape index (κ2) is 9.80. The van der Waals surface area contributed by atoms with Crippen molar-refractivity contribution in [1.29, 1.82) is 5.26 Å². The summed E-state index contributed by atoms with van der Waals surface area (Å²) in [6.45, 7) is 4.04. The van der Waals surface area contributed by atoms with Crippen molar-refractivity contribution in [3.8, 4) is 6.07 Å². The van der Waals surface area contributed by atoms with Crippen molar-refractivity contribution in [2.24, 2.45) is 0 Å². The molecule has 4 atom stereocenters. The number of aromatic nitrogens is 5. The summed E-state index contributed by atoms with van der Waals surface area (Å²) in [5.74, 6) is 0.789. The summed E-state index contributed by atoms with van der Waals surface area (Å²) in [7, 11) is 1.57. The number of nitriles is 1. The summed E-state index contributed by atoms with van der Waals surface area (Å²) in [6, 6.07) is 3.89. The fourth-order valence-electron chi connectivity index (χ4n) is 3.97. The van der Waals surface area contributed by atoms with Crippen LogP contribution in [0.4, 0.5) is 16.2 Å². The van der Waals surface area contributed by atoms with E-state index in [0.29, 0.717) is 41.7 Å². The highest BCUT2D eigenvalue weighted by Gasteiger charge is 2.38. The lowest BCUT2D eigenvalue weighted by atomic mass is 10.0. The molecule has 1 saturated carbocycles.